The normalized spacial score (nSPS) is 10.6. The van der Waals surface area contributed by atoms with Crippen LogP contribution in [0.15, 0.2) is 11.4 Å². The third kappa shape index (κ3) is 2.21. The first-order valence-electron chi connectivity index (χ1n) is 4.68. The van der Waals surface area contributed by atoms with E-state index in [1.807, 2.05) is 11.4 Å². The van der Waals surface area contributed by atoms with Crippen LogP contribution in [-0.2, 0) is 4.74 Å². The van der Waals surface area contributed by atoms with E-state index in [4.69, 9.17) is 15.3 Å². The molecule has 0 atom stereocenters. The number of hydrogen-bond acceptors (Lipinski definition) is 7. The van der Waals surface area contributed by atoms with Crippen LogP contribution < -0.4 is 16.0 Å². The van der Waals surface area contributed by atoms with Crippen molar-refractivity contribution in [2.24, 2.45) is 5.84 Å². The minimum absolute atomic E-state index is 0.349. The Kier molecular flexibility index (Phi) is 3.50. The fourth-order valence-corrected chi connectivity index (χ4v) is 1.98. The van der Waals surface area contributed by atoms with Crippen LogP contribution in [0.5, 0.6) is 5.88 Å². The van der Waals surface area contributed by atoms with Crippen LogP contribution in [0, 0.1) is 0 Å². The standard InChI is InChI=1S/C9H12N4O2S/c1-14-3-4-15-7-6-2-5-16-8(6)12-9(11-7)13-10/h2,5H,3-4,10H2,1H3,(H,11,12,13). The molecule has 2 rings (SSSR count). The molecule has 6 nitrogen and oxygen atoms in total. The summed E-state index contributed by atoms with van der Waals surface area (Å²) in [6.45, 7) is 0.962. The van der Waals surface area contributed by atoms with Crippen molar-refractivity contribution in [2.45, 2.75) is 0 Å². The molecule has 16 heavy (non-hydrogen) atoms. The first kappa shape index (κ1) is 11.1. The number of anilines is 1. The van der Waals surface area contributed by atoms with Crippen molar-refractivity contribution >= 4 is 27.5 Å². The van der Waals surface area contributed by atoms with Gasteiger partial charge >= 0.3 is 0 Å². The smallest absolute Gasteiger partial charge is 0.241 e. The zero-order valence-electron chi connectivity index (χ0n) is 8.77. The summed E-state index contributed by atoms with van der Waals surface area (Å²) in [6.07, 6.45) is 0. The Morgan fingerprint density at radius 1 is 1.44 bits per heavy atom. The number of fused-ring (bicyclic) bond motifs is 1. The van der Waals surface area contributed by atoms with E-state index in [-0.39, 0.29) is 0 Å². The summed E-state index contributed by atoms with van der Waals surface area (Å²) in [5.41, 5.74) is 2.41. The number of hydrazine groups is 1. The van der Waals surface area contributed by atoms with Crippen molar-refractivity contribution in [1.82, 2.24) is 9.97 Å². The molecule has 0 bridgehead atoms. The van der Waals surface area contributed by atoms with Crippen molar-refractivity contribution in [3.63, 3.8) is 0 Å². The highest BCUT2D eigenvalue weighted by Gasteiger charge is 2.09. The molecule has 0 radical (unpaired) electrons. The lowest BCUT2D eigenvalue weighted by molar-refractivity contribution is 0.144. The molecule has 0 aliphatic carbocycles. The second kappa shape index (κ2) is 5.06. The Bertz CT molecular complexity index is 473. The van der Waals surface area contributed by atoms with E-state index in [0.717, 1.165) is 10.2 Å². The molecule has 0 unspecified atom stereocenters. The molecule has 0 saturated heterocycles. The van der Waals surface area contributed by atoms with Crippen LogP contribution in [-0.4, -0.2) is 30.3 Å². The van der Waals surface area contributed by atoms with Gasteiger partial charge in [-0.05, 0) is 11.4 Å². The molecule has 2 aromatic rings. The molecule has 0 fully saturated rings. The molecule has 0 aliphatic heterocycles. The number of thiophene rings is 1. The molecule has 7 heteroatoms. The minimum atomic E-state index is 0.349. The van der Waals surface area contributed by atoms with Crippen molar-refractivity contribution in [1.29, 1.82) is 0 Å². The zero-order chi connectivity index (χ0) is 11.4. The van der Waals surface area contributed by atoms with E-state index in [0.29, 0.717) is 25.0 Å². The highest BCUT2D eigenvalue weighted by atomic mass is 32.1. The van der Waals surface area contributed by atoms with Crippen LogP contribution in [0.1, 0.15) is 0 Å². The van der Waals surface area contributed by atoms with Gasteiger partial charge in [0, 0.05) is 7.11 Å². The predicted molar refractivity (Wildman–Crippen MR) is 62.6 cm³/mol. The lowest BCUT2D eigenvalue weighted by Crippen LogP contribution is -2.12. The molecule has 0 amide bonds. The lowest BCUT2D eigenvalue weighted by Gasteiger charge is -2.07. The molecule has 2 heterocycles. The van der Waals surface area contributed by atoms with E-state index in [1.54, 1.807) is 7.11 Å². The van der Waals surface area contributed by atoms with Gasteiger partial charge in [0.05, 0.1) is 12.0 Å². The van der Waals surface area contributed by atoms with Gasteiger partial charge in [-0.15, -0.1) is 11.3 Å². The number of nitrogens with one attached hydrogen (secondary N) is 1. The summed E-state index contributed by atoms with van der Waals surface area (Å²) in [7, 11) is 1.62. The molecule has 3 N–H and O–H groups in total. The lowest BCUT2D eigenvalue weighted by atomic mass is 10.4. The van der Waals surface area contributed by atoms with Crippen LogP contribution in [0.4, 0.5) is 5.95 Å². The summed E-state index contributed by atoms with van der Waals surface area (Å²) in [6, 6.07) is 1.92. The highest BCUT2D eigenvalue weighted by molar-refractivity contribution is 7.16. The number of rotatable bonds is 5. The van der Waals surface area contributed by atoms with Crippen molar-refractivity contribution in [2.75, 3.05) is 25.7 Å². The van der Waals surface area contributed by atoms with E-state index in [2.05, 4.69) is 15.4 Å². The van der Waals surface area contributed by atoms with Crippen molar-refractivity contribution < 1.29 is 9.47 Å². The first-order valence-corrected chi connectivity index (χ1v) is 5.56. The number of nitrogens with two attached hydrogens (primary N) is 1. The average molecular weight is 240 g/mol. The third-order valence-corrected chi connectivity index (χ3v) is 2.75. The summed E-state index contributed by atoms with van der Waals surface area (Å²) >= 11 is 1.51. The summed E-state index contributed by atoms with van der Waals surface area (Å²) < 4.78 is 10.4. The van der Waals surface area contributed by atoms with Gasteiger partial charge in [0.15, 0.2) is 0 Å². The zero-order valence-corrected chi connectivity index (χ0v) is 9.58. The Hall–Kier alpha value is -1.44. The van der Waals surface area contributed by atoms with Crippen LogP contribution in [0.2, 0.25) is 0 Å². The summed E-state index contributed by atoms with van der Waals surface area (Å²) in [4.78, 5) is 9.19. The number of aromatic nitrogens is 2. The van der Waals surface area contributed by atoms with Gasteiger partial charge in [0.25, 0.3) is 0 Å². The molecule has 2 aromatic heterocycles. The van der Waals surface area contributed by atoms with Crippen molar-refractivity contribution in [3.05, 3.63) is 11.4 Å². The van der Waals surface area contributed by atoms with Gasteiger partial charge in [-0.2, -0.15) is 4.98 Å². The number of methoxy groups -OCH3 is 1. The van der Waals surface area contributed by atoms with E-state index >= 15 is 0 Å². The Balaban J connectivity index is 2.29. The fraction of sp³-hybridized carbons (Fsp3) is 0.333. The average Bonchev–Trinajstić information content (AvgIpc) is 2.77. The van der Waals surface area contributed by atoms with Gasteiger partial charge in [-0.3, -0.25) is 5.43 Å². The van der Waals surface area contributed by atoms with Gasteiger partial charge in [0.2, 0.25) is 11.8 Å². The van der Waals surface area contributed by atoms with Crippen molar-refractivity contribution in [3.8, 4) is 5.88 Å². The molecule has 86 valence electrons. The maximum absolute atomic E-state index is 5.50. The molecular weight excluding hydrogens is 228 g/mol. The monoisotopic (exact) mass is 240 g/mol. The van der Waals surface area contributed by atoms with Crippen LogP contribution in [0.25, 0.3) is 10.2 Å². The number of nitrogens with zero attached hydrogens (tertiary/aromatic N) is 2. The molecular formula is C9H12N4O2S. The van der Waals surface area contributed by atoms with E-state index in [1.165, 1.54) is 11.3 Å². The fourth-order valence-electron chi connectivity index (χ4n) is 1.22. The molecule has 0 spiro atoms. The number of ether oxygens (including phenoxy) is 2. The SMILES string of the molecule is COCCOc1nc(NN)nc2sccc12. The molecule has 0 aliphatic rings. The Morgan fingerprint density at radius 2 is 2.31 bits per heavy atom. The summed E-state index contributed by atoms with van der Waals surface area (Å²) in [5, 5.41) is 2.82. The van der Waals surface area contributed by atoms with Crippen LogP contribution >= 0.6 is 11.3 Å². The Labute approximate surface area is 96.4 Å². The second-order valence-corrected chi connectivity index (χ2v) is 3.87. The summed E-state index contributed by atoms with van der Waals surface area (Å²) in [5.74, 6) is 6.16. The second-order valence-electron chi connectivity index (χ2n) is 2.98. The predicted octanol–water partition coefficient (Wildman–Crippen LogP) is 1.00. The topological polar surface area (TPSA) is 82.3 Å². The van der Waals surface area contributed by atoms with E-state index < -0.39 is 0 Å². The van der Waals surface area contributed by atoms with Crippen LogP contribution in [0.3, 0.4) is 0 Å². The molecule has 0 aromatic carbocycles. The minimum Gasteiger partial charge on any atom is -0.475 e. The largest absolute Gasteiger partial charge is 0.475 e. The van der Waals surface area contributed by atoms with Gasteiger partial charge in [0.1, 0.15) is 11.4 Å². The van der Waals surface area contributed by atoms with Gasteiger partial charge in [-0.25, -0.2) is 10.8 Å². The number of hydrogen-bond donors (Lipinski definition) is 2. The molecule has 0 saturated carbocycles. The third-order valence-electron chi connectivity index (χ3n) is 1.95. The van der Waals surface area contributed by atoms with Gasteiger partial charge in [-0.1, -0.05) is 0 Å². The maximum Gasteiger partial charge on any atom is 0.241 e. The quantitative estimate of drug-likeness (QED) is 0.461. The Morgan fingerprint density at radius 3 is 3.06 bits per heavy atom. The first-order chi connectivity index (χ1) is 7.85. The number of nitrogen functional groups attached to an aromatic ring is 1. The maximum atomic E-state index is 5.50. The van der Waals surface area contributed by atoms with Gasteiger partial charge < -0.3 is 9.47 Å². The highest BCUT2D eigenvalue weighted by Crippen LogP contribution is 2.27. The van der Waals surface area contributed by atoms with E-state index in [9.17, 15) is 0 Å².